The van der Waals surface area contributed by atoms with Crippen LogP contribution in [0.25, 0.3) is 0 Å². The number of hydrogen-bond donors (Lipinski definition) is 0. The van der Waals surface area contributed by atoms with Gasteiger partial charge in [0.05, 0.1) is 12.0 Å². The first-order chi connectivity index (χ1) is 7.56. The summed E-state index contributed by atoms with van der Waals surface area (Å²) in [6, 6.07) is 0. The Hall–Kier alpha value is -0.290. The summed E-state index contributed by atoms with van der Waals surface area (Å²) in [6.07, 6.45) is 2.81. The molecule has 98 valence electrons. The number of nitrogens with zero attached hydrogens (tertiary/aromatic N) is 1. The average molecular weight is 280 g/mol. The quantitative estimate of drug-likeness (QED) is 0.547. The van der Waals surface area contributed by atoms with Crippen LogP contribution in [0.4, 0.5) is 0 Å². The van der Waals surface area contributed by atoms with Crippen LogP contribution in [0.3, 0.4) is 0 Å². The zero-order chi connectivity index (χ0) is 13.1. The maximum Gasteiger partial charge on any atom is 0.324 e. The van der Waals surface area contributed by atoms with Crippen LogP contribution in [-0.4, -0.2) is 24.2 Å². The Labute approximate surface area is 107 Å². The summed E-state index contributed by atoms with van der Waals surface area (Å²) in [5, 5.41) is 0. The molecule has 1 saturated carbocycles. The van der Waals surface area contributed by atoms with E-state index >= 15 is 0 Å². The Balaban J connectivity index is 2.34. The molecule has 0 N–H and O–H groups in total. The molecular weight excluding hydrogens is 262 g/mol. The molecular formula is C11H18ClNO3S. The van der Waals surface area contributed by atoms with E-state index in [0.29, 0.717) is 18.8 Å². The molecule has 4 nitrogen and oxygen atoms in total. The zero-order valence-electron chi connectivity index (χ0n) is 10.4. The van der Waals surface area contributed by atoms with Crippen LogP contribution in [0.15, 0.2) is 0 Å². The molecule has 0 bridgehead atoms. The third-order valence-electron chi connectivity index (χ3n) is 3.79. The van der Waals surface area contributed by atoms with Gasteiger partial charge < -0.3 is 0 Å². The van der Waals surface area contributed by atoms with Crippen LogP contribution < -0.4 is 0 Å². The van der Waals surface area contributed by atoms with Gasteiger partial charge in [-0.1, -0.05) is 20.8 Å². The molecule has 2 rings (SSSR count). The first-order valence-electron chi connectivity index (χ1n) is 5.84. The molecule has 2 aliphatic rings. The first-order valence-corrected chi connectivity index (χ1v) is 8.10. The molecule has 6 heteroatoms. The van der Waals surface area contributed by atoms with Gasteiger partial charge in [0.25, 0.3) is 0 Å². The predicted octanol–water partition coefficient (Wildman–Crippen LogP) is 2.29. The molecule has 0 radical (unpaired) electrons. The van der Waals surface area contributed by atoms with Crippen LogP contribution >= 0.6 is 10.7 Å². The molecule has 2 fully saturated rings. The van der Waals surface area contributed by atoms with Gasteiger partial charge in [-0.05, 0) is 30.6 Å². The van der Waals surface area contributed by atoms with Crippen molar-refractivity contribution in [3.05, 3.63) is 0 Å². The van der Waals surface area contributed by atoms with E-state index in [2.05, 4.69) is 20.8 Å². The predicted molar refractivity (Wildman–Crippen MR) is 65.8 cm³/mol. The highest BCUT2D eigenvalue weighted by atomic mass is 35.7. The Morgan fingerprint density at radius 3 is 2.35 bits per heavy atom. The fraction of sp³-hybridized carbons (Fsp3) is 0.909. The van der Waals surface area contributed by atoms with Crippen molar-refractivity contribution in [3.63, 3.8) is 0 Å². The lowest BCUT2D eigenvalue weighted by atomic mass is 9.61. The topological polar surface area (TPSA) is 54.5 Å². The maximum absolute atomic E-state index is 11.5. The molecule has 1 spiro atoms. The highest BCUT2D eigenvalue weighted by molar-refractivity contribution is 8.12. The smallest absolute Gasteiger partial charge is 0.274 e. The van der Waals surface area contributed by atoms with Crippen molar-refractivity contribution in [2.24, 2.45) is 11.3 Å². The van der Waals surface area contributed by atoms with Crippen molar-refractivity contribution in [2.75, 3.05) is 0 Å². The number of carbonyl (C=O) groups is 1. The second kappa shape index (κ2) is 3.60. The van der Waals surface area contributed by atoms with Crippen molar-refractivity contribution in [1.29, 1.82) is 0 Å². The summed E-state index contributed by atoms with van der Waals surface area (Å²) in [4.78, 5) is 11.5. The van der Waals surface area contributed by atoms with Gasteiger partial charge in [-0.15, -0.1) is 0 Å². The van der Waals surface area contributed by atoms with Gasteiger partial charge in [0.1, 0.15) is 0 Å². The Morgan fingerprint density at radius 2 is 1.94 bits per heavy atom. The molecule has 1 amide bonds. The summed E-state index contributed by atoms with van der Waals surface area (Å²) in [5.41, 5.74) is -0.503. The molecule has 17 heavy (non-hydrogen) atoms. The Morgan fingerprint density at radius 1 is 1.35 bits per heavy atom. The highest BCUT2D eigenvalue weighted by Gasteiger charge is 2.60. The summed E-state index contributed by atoms with van der Waals surface area (Å²) >= 11 is 0. The fourth-order valence-electron chi connectivity index (χ4n) is 3.94. The van der Waals surface area contributed by atoms with Crippen LogP contribution in [0.2, 0.25) is 0 Å². The molecule has 1 aliphatic carbocycles. The van der Waals surface area contributed by atoms with Crippen molar-refractivity contribution in [3.8, 4) is 0 Å². The molecule has 2 atom stereocenters. The van der Waals surface area contributed by atoms with Crippen molar-refractivity contribution in [1.82, 2.24) is 4.31 Å². The van der Waals surface area contributed by atoms with E-state index in [1.165, 1.54) is 0 Å². The van der Waals surface area contributed by atoms with Crippen molar-refractivity contribution in [2.45, 2.75) is 52.0 Å². The minimum atomic E-state index is -3.94. The average Bonchev–Trinajstić information content (AvgIpc) is 1.93. The number of halogens is 1. The van der Waals surface area contributed by atoms with E-state index in [1.807, 2.05) is 0 Å². The van der Waals surface area contributed by atoms with Gasteiger partial charge in [-0.3, -0.25) is 4.79 Å². The summed E-state index contributed by atoms with van der Waals surface area (Å²) in [7, 11) is 1.43. The standard InChI is InChI=1S/C11H18ClNO3S/c1-8-4-10(2,3)7-11(5-8)6-9(14)13(11)17(12,15)16/h8H,4-7H2,1-3H3. The second-order valence-corrected chi connectivity index (χ2v) is 8.72. The number of rotatable bonds is 1. The summed E-state index contributed by atoms with van der Waals surface area (Å²) in [5.74, 6) is 0.0395. The minimum absolute atomic E-state index is 0.0538. The van der Waals surface area contributed by atoms with Crippen LogP contribution in [0.5, 0.6) is 0 Å². The van der Waals surface area contributed by atoms with Crippen LogP contribution in [-0.2, 0) is 14.0 Å². The number of amides is 1. The molecule has 0 aromatic heterocycles. The third kappa shape index (κ3) is 2.19. The number of hydrogen-bond acceptors (Lipinski definition) is 3. The number of β-lactam (4-membered cyclic amide) rings is 1. The van der Waals surface area contributed by atoms with Crippen molar-refractivity contribution < 1.29 is 13.2 Å². The van der Waals surface area contributed by atoms with E-state index in [4.69, 9.17) is 10.7 Å². The highest BCUT2D eigenvalue weighted by Crippen LogP contribution is 2.53. The lowest BCUT2D eigenvalue weighted by molar-refractivity contribution is -0.152. The molecule has 1 aliphatic heterocycles. The molecule has 2 unspecified atom stereocenters. The van der Waals surface area contributed by atoms with E-state index in [1.54, 1.807) is 0 Å². The minimum Gasteiger partial charge on any atom is -0.274 e. The second-order valence-electron chi connectivity index (χ2n) is 6.36. The molecule has 0 aromatic rings. The molecule has 1 heterocycles. The van der Waals surface area contributed by atoms with Crippen molar-refractivity contribution >= 4 is 25.8 Å². The summed E-state index contributed by atoms with van der Waals surface area (Å²) < 4.78 is 23.9. The fourth-order valence-corrected chi connectivity index (χ4v) is 5.58. The Kier molecular flexibility index (Phi) is 2.79. The van der Waals surface area contributed by atoms with Gasteiger partial charge in [0.15, 0.2) is 0 Å². The molecule has 1 saturated heterocycles. The van der Waals surface area contributed by atoms with Gasteiger partial charge in [0.2, 0.25) is 5.91 Å². The monoisotopic (exact) mass is 279 g/mol. The van der Waals surface area contributed by atoms with Gasteiger partial charge in [-0.2, -0.15) is 8.42 Å². The van der Waals surface area contributed by atoms with E-state index < -0.39 is 14.8 Å². The SMILES string of the molecule is CC1CC(C)(C)CC2(CC(=O)N2S(=O)(=O)Cl)C1. The lowest BCUT2D eigenvalue weighted by Gasteiger charge is -2.56. The normalized spacial score (nSPS) is 37.1. The first kappa shape index (κ1) is 13.1. The third-order valence-corrected chi connectivity index (χ3v) is 5.23. The maximum atomic E-state index is 11.5. The van der Waals surface area contributed by atoms with Gasteiger partial charge in [0, 0.05) is 10.7 Å². The van der Waals surface area contributed by atoms with Gasteiger partial charge in [-0.25, -0.2) is 4.31 Å². The lowest BCUT2D eigenvalue weighted by Crippen LogP contribution is -2.67. The number of carbonyl (C=O) groups excluding carboxylic acids is 1. The van der Waals surface area contributed by atoms with Gasteiger partial charge >= 0.3 is 9.24 Å². The van der Waals surface area contributed by atoms with Crippen LogP contribution in [0.1, 0.15) is 46.5 Å². The molecule has 0 aromatic carbocycles. The Bertz CT molecular complexity index is 459. The van der Waals surface area contributed by atoms with E-state index in [-0.39, 0.29) is 11.3 Å². The van der Waals surface area contributed by atoms with E-state index in [0.717, 1.165) is 17.1 Å². The summed E-state index contributed by atoms with van der Waals surface area (Å²) in [6.45, 7) is 6.34. The largest absolute Gasteiger partial charge is 0.324 e. The zero-order valence-corrected chi connectivity index (χ0v) is 11.9. The van der Waals surface area contributed by atoms with E-state index in [9.17, 15) is 13.2 Å². The van der Waals surface area contributed by atoms with Crippen LogP contribution in [0, 0.1) is 11.3 Å².